The van der Waals surface area contributed by atoms with Crippen LogP contribution in [0.2, 0.25) is 0 Å². The van der Waals surface area contributed by atoms with E-state index < -0.39 is 0 Å². The molecule has 0 aliphatic rings. The molecule has 1 amide bonds. The number of carbonyl (C=O) groups excluding carboxylic acids is 1. The summed E-state index contributed by atoms with van der Waals surface area (Å²) in [5.74, 6) is 1.54. The van der Waals surface area contributed by atoms with Gasteiger partial charge in [0.05, 0.1) is 0 Å². The molecule has 100 valence electrons. The summed E-state index contributed by atoms with van der Waals surface area (Å²) in [4.78, 5) is 20.0. The average molecular weight is 250 g/mol. The summed E-state index contributed by atoms with van der Waals surface area (Å²) < 4.78 is 0. The fourth-order valence-electron chi connectivity index (χ4n) is 1.59. The molecule has 1 aromatic rings. The van der Waals surface area contributed by atoms with Gasteiger partial charge < -0.3 is 10.6 Å². The molecule has 0 radical (unpaired) electrons. The van der Waals surface area contributed by atoms with Crippen LogP contribution in [-0.2, 0) is 4.79 Å². The Morgan fingerprint density at radius 3 is 2.50 bits per heavy atom. The minimum Gasteiger partial charge on any atom is -0.369 e. The molecule has 5 heteroatoms. The van der Waals surface area contributed by atoms with Gasteiger partial charge in [0.2, 0.25) is 5.91 Å². The summed E-state index contributed by atoms with van der Waals surface area (Å²) in [5.41, 5.74) is 0.739. The number of aryl methyl sites for hydroxylation is 2. The molecule has 0 aromatic carbocycles. The van der Waals surface area contributed by atoms with Crippen molar-refractivity contribution in [2.75, 3.05) is 11.9 Å². The lowest BCUT2D eigenvalue weighted by atomic mass is 10.1. The molecule has 0 bridgehead atoms. The van der Waals surface area contributed by atoms with Crippen LogP contribution in [-0.4, -0.2) is 28.0 Å². The van der Waals surface area contributed by atoms with Crippen LogP contribution in [0.4, 0.5) is 5.82 Å². The molecule has 0 saturated heterocycles. The van der Waals surface area contributed by atoms with Crippen LogP contribution in [0.3, 0.4) is 0 Å². The van der Waals surface area contributed by atoms with Crippen molar-refractivity contribution in [2.24, 2.45) is 0 Å². The van der Waals surface area contributed by atoms with Crippen LogP contribution in [0.15, 0.2) is 6.07 Å². The average Bonchev–Trinajstić information content (AvgIpc) is 2.12. The first-order chi connectivity index (χ1) is 8.26. The van der Waals surface area contributed by atoms with E-state index in [4.69, 9.17) is 0 Å². The van der Waals surface area contributed by atoms with Crippen molar-refractivity contribution >= 4 is 11.7 Å². The Balaban J connectivity index is 2.40. The molecular weight excluding hydrogens is 228 g/mol. The van der Waals surface area contributed by atoms with E-state index in [9.17, 15) is 4.79 Å². The summed E-state index contributed by atoms with van der Waals surface area (Å²) in [5, 5.41) is 6.05. The second-order valence-corrected chi connectivity index (χ2v) is 5.42. The minimum atomic E-state index is -0.181. The number of carbonyl (C=O) groups is 1. The van der Waals surface area contributed by atoms with Gasteiger partial charge >= 0.3 is 0 Å². The summed E-state index contributed by atoms with van der Waals surface area (Å²) >= 11 is 0. The number of hydrogen-bond donors (Lipinski definition) is 2. The predicted molar refractivity (Wildman–Crippen MR) is 72.5 cm³/mol. The molecule has 2 N–H and O–H groups in total. The molecule has 0 spiro atoms. The Morgan fingerprint density at radius 1 is 1.28 bits per heavy atom. The fraction of sp³-hybridized carbons (Fsp3) is 0.615. The SMILES string of the molecule is Cc1cc(NCCC(=O)NC(C)(C)C)nc(C)n1. The number of hydrogen-bond acceptors (Lipinski definition) is 4. The van der Waals surface area contributed by atoms with Crippen molar-refractivity contribution < 1.29 is 4.79 Å². The lowest BCUT2D eigenvalue weighted by Gasteiger charge is -2.20. The highest BCUT2D eigenvalue weighted by atomic mass is 16.1. The first-order valence-electron chi connectivity index (χ1n) is 6.13. The van der Waals surface area contributed by atoms with E-state index in [1.807, 2.05) is 40.7 Å². The monoisotopic (exact) mass is 250 g/mol. The number of nitrogens with zero attached hydrogens (tertiary/aromatic N) is 2. The zero-order valence-corrected chi connectivity index (χ0v) is 11.8. The summed E-state index contributed by atoms with van der Waals surface area (Å²) in [6.45, 7) is 10.2. The Labute approximate surface area is 108 Å². The zero-order chi connectivity index (χ0) is 13.8. The Kier molecular flexibility index (Phi) is 4.64. The van der Waals surface area contributed by atoms with Crippen LogP contribution in [0, 0.1) is 13.8 Å². The van der Waals surface area contributed by atoms with Gasteiger partial charge in [-0.15, -0.1) is 0 Å². The quantitative estimate of drug-likeness (QED) is 0.855. The molecule has 5 nitrogen and oxygen atoms in total. The standard InChI is InChI=1S/C13H22N4O/c1-9-8-11(16-10(2)15-9)14-7-6-12(18)17-13(3,4)5/h8H,6-7H2,1-5H3,(H,17,18)(H,14,15,16). The van der Waals surface area contributed by atoms with Gasteiger partial charge in [0.25, 0.3) is 0 Å². The number of rotatable bonds is 4. The molecule has 0 unspecified atom stereocenters. The maximum absolute atomic E-state index is 11.6. The fourth-order valence-corrected chi connectivity index (χ4v) is 1.59. The lowest BCUT2D eigenvalue weighted by molar-refractivity contribution is -0.122. The lowest BCUT2D eigenvalue weighted by Crippen LogP contribution is -2.41. The van der Waals surface area contributed by atoms with Crippen LogP contribution < -0.4 is 10.6 Å². The maximum Gasteiger partial charge on any atom is 0.222 e. The highest BCUT2D eigenvalue weighted by Gasteiger charge is 2.12. The molecule has 1 heterocycles. The molecule has 1 rings (SSSR count). The van der Waals surface area contributed by atoms with E-state index >= 15 is 0 Å². The van der Waals surface area contributed by atoms with E-state index in [1.165, 1.54) is 0 Å². The van der Waals surface area contributed by atoms with Crippen molar-refractivity contribution in [1.29, 1.82) is 0 Å². The van der Waals surface area contributed by atoms with Crippen molar-refractivity contribution in [1.82, 2.24) is 15.3 Å². The molecule has 0 aliphatic heterocycles. The second-order valence-electron chi connectivity index (χ2n) is 5.42. The van der Waals surface area contributed by atoms with Gasteiger partial charge in [-0.05, 0) is 34.6 Å². The molecule has 0 atom stereocenters. The van der Waals surface area contributed by atoms with Gasteiger partial charge in [-0.1, -0.05) is 0 Å². The number of amides is 1. The third-order valence-electron chi connectivity index (χ3n) is 2.14. The highest BCUT2D eigenvalue weighted by molar-refractivity contribution is 5.77. The van der Waals surface area contributed by atoms with Crippen molar-refractivity contribution in [3.8, 4) is 0 Å². The molecule has 0 saturated carbocycles. The Morgan fingerprint density at radius 2 is 1.94 bits per heavy atom. The van der Waals surface area contributed by atoms with Crippen LogP contribution in [0.5, 0.6) is 0 Å². The second kappa shape index (κ2) is 5.80. The van der Waals surface area contributed by atoms with E-state index in [2.05, 4.69) is 20.6 Å². The molecule has 0 fully saturated rings. The molecular formula is C13H22N4O. The topological polar surface area (TPSA) is 66.9 Å². The predicted octanol–water partition coefficient (Wildman–Crippen LogP) is 1.81. The van der Waals surface area contributed by atoms with Gasteiger partial charge in [-0.25, -0.2) is 9.97 Å². The van der Waals surface area contributed by atoms with Crippen LogP contribution in [0.25, 0.3) is 0 Å². The van der Waals surface area contributed by atoms with Gasteiger partial charge in [0, 0.05) is 30.3 Å². The first kappa shape index (κ1) is 14.4. The summed E-state index contributed by atoms with van der Waals surface area (Å²) in [7, 11) is 0. The van der Waals surface area contributed by atoms with E-state index in [-0.39, 0.29) is 11.4 Å². The van der Waals surface area contributed by atoms with Crippen molar-refractivity contribution in [3.05, 3.63) is 17.6 Å². The van der Waals surface area contributed by atoms with E-state index in [0.717, 1.165) is 17.3 Å². The van der Waals surface area contributed by atoms with Crippen molar-refractivity contribution in [3.63, 3.8) is 0 Å². The maximum atomic E-state index is 11.6. The molecule has 18 heavy (non-hydrogen) atoms. The van der Waals surface area contributed by atoms with E-state index in [0.29, 0.717) is 13.0 Å². The van der Waals surface area contributed by atoms with Gasteiger partial charge in [-0.3, -0.25) is 4.79 Å². The van der Waals surface area contributed by atoms with Crippen LogP contribution in [0.1, 0.15) is 38.7 Å². The Hall–Kier alpha value is -1.65. The van der Waals surface area contributed by atoms with Gasteiger partial charge in [-0.2, -0.15) is 0 Å². The van der Waals surface area contributed by atoms with Crippen LogP contribution >= 0.6 is 0 Å². The smallest absolute Gasteiger partial charge is 0.222 e. The highest BCUT2D eigenvalue weighted by Crippen LogP contribution is 2.05. The Bertz CT molecular complexity index is 403. The number of anilines is 1. The number of nitrogens with one attached hydrogen (secondary N) is 2. The van der Waals surface area contributed by atoms with Gasteiger partial charge in [0.1, 0.15) is 11.6 Å². The minimum absolute atomic E-state index is 0.0394. The third kappa shape index (κ3) is 5.61. The molecule has 1 aromatic heterocycles. The first-order valence-corrected chi connectivity index (χ1v) is 6.13. The normalized spacial score (nSPS) is 11.2. The third-order valence-corrected chi connectivity index (χ3v) is 2.14. The number of aromatic nitrogens is 2. The van der Waals surface area contributed by atoms with E-state index in [1.54, 1.807) is 0 Å². The zero-order valence-electron chi connectivity index (χ0n) is 11.8. The summed E-state index contributed by atoms with van der Waals surface area (Å²) in [6.07, 6.45) is 0.430. The summed E-state index contributed by atoms with van der Waals surface area (Å²) in [6, 6.07) is 1.87. The van der Waals surface area contributed by atoms with Gasteiger partial charge in [0.15, 0.2) is 0 Å². The molecule has 0 aliphatic carbocycles. The van der Waals surface area contributed by atoms with Crippen molar-refractivity contribution in [2.45, 2.75) is 46.6 Å². The largest absolute Gasteiger partial charge is 0.369 e.